The number of carbonyl (C=O) groups is 1. The maximum atomic E-state index is 10.7. The van der Waals surface area contributed by atoms with Crippen LogP contribution in [0, 0.1) is 0 Å². The largest absolute Gasteiger partial charge is 0.508 e. The van der Waals surface area contributed by atoms with Gasteiger partial charge in [-0.05, 0) is 48.7 Å². The summed E-state index contributed by atoms with van der Waals surface area (Å²) >= 11 is 12.5. The average molecular weight is 412 g/mol. The first-order valence-corrected chi connectivity index (χ1v) is 8.86. The molecular formula is C19H19Cl2NO5. The Morgan fingerprint density at radius 1 is 1.15 bits per heavy atom. The third-order valence-electron chi connectivity index (χ3n) is 3.63. The summed E-state index contributed by atoms with van der Waals surface area (Å²) in [5.41, 5.74) is 1.26. The van der Waals surface area contributed by atoms with Crippen LogP contribution >= 0.6 is 23.2 Å². The maximum absolute atomic E-state index is 10.7. The predicted molar refractivity (Wildman–Crippen MR) is 105 cm³/mol. The monoisotopic (exact) mass is 411 g/mol. The van der Waals surface area contributed by atoms with Crippen molar-refractivity contribution in [1.82, 2.24) is 0 Å². The van der Waals surface area contributed by atoms with E-state index in [2.05, 4.69) is 5.16 Å². The lowest BCUT2D eigenvalue weighted by Crippen LogP contribution is -2.17. The van der Waals surface area contributed by atoms with Crippen LogP contribution in [-0.2, 0) is 9.63 Å². The third-order valence-corrected chi connectivity index (χ3v) is 4.19. The number of carboxylic acids is 1. The summed E-state index contributed by atoms with van der Waals surface area (Å²) in [4.78, 5) is 15.5. The van der Waals surface area contributed by atoms with Crippen molar-refractivity contribution in [3.05, 3.63) is 51.5 Å². The van der Waals surface area contributed by atoms with Gasteiger partial charge in [-0.15, -0.1) is 0 Å². The van der Waals surface area contributed by atoms with E-state index in [9.17, 15) is 9.90 Å². The van der Waals surface area contributed by atoms with Gasteiger partial charge in [-0.1, -0.05) is 42.2 Å². The van der Waals surface area contributed by atoms with Gasteiger partial charge in [0.1, 0.15) is 11.5 Å². The summed E-state index contributed by atoms with van der Waals surface area (Å²) in [6.07, 6.45) is 0.234. The van der Waals surface area contributed by atoms with Crippen molar-refractivity contribution in [2.45, 2.75) is 32.8 Å². The molecule has 2 aromatic rings. The lowest BCUT2D eigenvalue weighted by molar-refractivity contribution is -0.149. The fourth-order valence-electron chi connectivity index (χ4n) is 2.16. The molecule has 0 saturated heterocycles. The summed E-state index contributed by atoms with van der Waals surface area (Å²) < 4.78 is 5.79. The second-order valence-electron chi connectivity index (χ2n) is 6.11. The molecular weight excluding hydrogens is 393 g/mol. The van der Waals surface area contributed by atoms with Crippen molar-refractivity contribution >= 4 is 35.4 Å². The van der Waals surface area contributed by atoms with E-state index in [-0.39, 0.29) is 27.5 Å². The van der Waals surface area contributed by atoms with E-state index in [0.717, 1.165) is 5.56 Å². The van der Waals surface area contributed by atoms with Crippen LogP contribution in [0.2, 0.25) is 10.0 Å². The zero-order valence-electron chi connectivity index (χ0n) is 14.9. The molecule has 0 aromatic heterocycles. The zero-order chi connectivity index (χ0) is 20.1. The molecule has 0 bridgehead atoms. The normalized spacial score (nSPS) is 12.4. The quantitative estimate of drug-likeness (QED) is 0.467. The fourth-order valence-corrected chi connectivity index (χ4v) is 2.74. The van der Waals surface area contributed by atoms with Crippen molar-refractivity contribution < 1.29 is 24.6 Å². The van der Waals surface area contributed by atoms with Gasteiger partial charge in [0, 0.05) is 5.56 Å². The number of rotatable bonds is 7. The van der Waals surface area contributed by atoms with E-state index in [1.807, 2.05) is 13.8 Å². The number of halogens is 2. The molecule has 0 aliphatic heterocycles. The van der Waals surface area contributed by atoms with Crippen LogP contribution in [0.25, 0.3) is 0 Å². The van der Waals surface area contributed by atoms with Gasteiger partial charge in [0.05, 0.1) is 16.3 Å². The molecule has 0 amide bonds. The number of oxime groups is 1. The van der Waals surface area contributed by atoms with Crippen LogP contribution in [0.4, 0.5) is 0 Å². The standard InChI is InChI=1S/C19H19Cl2NO5/c1-10(2)14-8-13(4-5-17(14)23)26-18-15(20)6-12(7-16(18)21)9-22-27-11(3)19(24)25/h4-11,23H,1-3H3,(H,24,25)/b22-9-. The topological polar surface area (TPSA) is 88.4 Å². The highest BCUT2D eigenvalue weighted by molar-refractivity contribution is 6.37. The number of hydrogen-bond donors (Lipinski definition) is 2. The van der Waals surface area contributed by atoms with E-state index >= 15 is 0 Å². The van der Waals surface area contributed by atoms with Crippen LogP contribution in [0.5, 0.6) is 17.2 Å². The summed E-state index contributed by atoms with van der Waals surface area (Å²) in [5.74, 6) is -0.0689. The summed E-state index contributed by atoms with van der Waals surface area (Å²) in [7, 11) is 0. The second kappa shape index (κ2) is 8.97. The number of hydrogen-bond acceptors (Lipinski definition) is 5. The van der Waals surface area contributed by atoms with Gasteiger partial charge < -0.3 is 19.8 Å². The first-order valence-electron chi connectivity index (χ1n) is 8.10. The highest BCUT2D eigenvalue weighted by atomic mass is 35.5. The van der Waals surface area contributed by atoms with Gasteiger partial charge >= 0.3 is 5.97 Å². The minimum atomic E-state index is -1.12. The summed E-state index contributed by atoms with van der Waals surface area (Å²) in [6, 6.07) is 8.01. The Morgan fingerprint density at radius 2 is 1.78 bits per heavy atom. The molecule has 0 saturated carbocycles. The molecule has 0 radical (unpaired) electrons. The molecule has 0 aliphatic carbocycles. The van der Waals surface area contributed by atoms with Gasteiger partial charge in [0.25, 0.3) is 0 Å². The van der Waals surface area contributed by atoms with Crippen molar-refractivity contribution in [2.24, 2.45) is 5.16 Å². The number of benzene rings is 2. The number of phenolic OH excluding ortho intramolecular Hbond substituents is 1. The lowest BCUT2D eigenvalue weighted by atomic mass is 10.0. The average Bonchev–Trinajstić information content (AvgIpc) is 2.59. The molecule has 0 fully saturated rings. The second-order valence-corrected chi connectivity index (χ2v) is 6.93. The molecule has 2 N–H and O–H groups in total. The van der Waals surface area contributed by atoms with Gasteiger partial charge in [-0.25, -0.2) is 4.79 Å². The molecule has 1 atom stereocenters. The van der Waals surface area contributed by atoms with Crippen molar-refractivity contribution in [1.29, 1.82) is 0 Å². The van der Waals surface area contributed by atoms with Crippen molar-refractivity contribution in [2.75, 3.05) is 0 Å². The van der Waals surface area contributed by atoms with Gasteiger partial charge in [0.15, 0.2) is 5.75 Å². The van der Waals surface area contributed by atoms with Crippen LogP contribution in [0.3, 0.4) is 0 Å². The van der Waals surface area contributed by atoms with E-state index < -0.39 is 12.1 Å². The Balaban J connectivity index is 2.21. The van der Waals surface area contributed by atoms with Crippen LogP contribution < -0.4 is 4.74 Å². The molecule has 2 rings (SSSR count). The summed E-state index contributed by atoms with van der Waals surface area (Å²) in [5, 5.41) is 22.7. The molecule has 1 unspecified atom stereocenters. The van der Waals surface area contributed by atoms with Gasteiger partial charge in [-0.3, -0.25) is 0 Å². The van der Waals surface area contributed by atoms with Crippen LogP contribution in [0.1, 0.15) is 37.8 Å². The molecule has 8 heteroatoms. The van der Waals surface area contributed by atoms with E-state index in [4.69, 9.17) is 37.9 Å². The Hall–Kier alpha value is -2.44. The highest BCUT2D eigenvalue weighted by Crippen LogP contribution is 2.39. The number of aliphatic carboxylic acids is 1. The molecule has 6 nitrogen and oxygen atoms in total. The zero-order valence-corrected chi connectivity index (χ0v) is 16.5. The SMILES string of the molecule is CC(O/N=C\c1cc(Cl)c(Oc2ccc(O)c(C(C)C)c2)c(Cl)c1)C(=O)O. The van der Waals surface area contributed by atoms with E-state index in [1.165, 1.54) is 13.1 Å². The Morgan fingerprint density at radius 3 is 2.33 bits per heavy atom. The molecule has 0 heterocycles. The minimum Gasteiger partial charge on any atom is -0.508 e. The van der Waals surface area contributed by atoms with Crippen molar-refractivity contribution in [3.8, 4) is 17.2 Å². The Bertz CT molecular complexity index is 844. The number of nitrogens with zero attached hydrogens (tertiary/aromatic N) is 1. The predicted octanol–water partition coefficient (Wildman–Crippen LogP) is 5.44. The molecule has 0 spiro atoms. The molecule has 144 valence electrons. The first kappa shape index (κ1) is 20.9. The molecule has 27 heavy (non-hydrogen) atoms. The van der Waals surface area contributed by atoms with Gasteiger partial charge in [-0.2, -0.15) is 0 Å². The van der Waals surface area contributed by atoms with Crippen molar-refractivity contribution in [3.63, 3.8) is 0 Å². The number of phenols is 1. The number of carboxylic acid groups (broad SMARTS) is 1. The fraction of sp³-hybridized carbons (Fsp3) is 0.263. The van der Waals surface area contributed by atoms with E-state index in [1.54, 1.807) is 30.3 Å². The third kappa shape index (κ3) is 5.52. The molecule has 0 aliphatic rings. The Labute approximate surface area is 166 Å². The lowest BCUT2D eigenvalue weighted by Gasteiger charge is -2.14. The Kier molecular flexibility index (Phi) is 6.93. The number of aromatic hydroxyl groups is 1. The smallest absolute Gasteiger partial charge is 0.347 e. The van der Waals surface area contributed by atoms with E-state index in [0.29, 0.717) is 11.3 Å². The first-order chi connectivity index (χ1) is 12.7. The maximum Gasteiger partial charge on any atom is 0.347 e. The molecule has 2 aromatic carbocycles. The number of ether oxygens (including phenoxy) is 1. The van der Waals surface area contributed by atoms with Gasteiger partial charge in [0.2, 0.25) is 6.10 Å². The summed E-state index contributed by atoms with van der Waals surface area (Å²) in [6.45, 7) is 5.28. The minimum absolute atomic E-state index is 0.117. The van der Waals surface area contributed by atoms with Crippen LogP contribution in [0.15, 0.2) is 35.5 Å². The highest BCUT2D eigenvalue weighted by Gasteiger charge is 2.14. The van der Waals surface area contributed by atoms with Crippen LogP contribution in [-0.4, -0.2) is 28.5 Å².